The fourth-order valence-electron chi connectivity index (χ4n) is 2.90. The summed E-state index contributed by atoms with van der Waals surface area (Å²) < 4.78 is 5.25. The van der Waals surface area contributed by atoms with Crippen molar-refractivity contribution < 1.29 is 14.3 Å². The molecule has 2 amide bonds. The molecule has 1 saturated heterocycles. The van der Waals surface area contributed by atoms with Crippen molar-refractivity contribution in [1.29, 1.82) is 0 Å². The molecule has 1 aliphatic heterocycles. The standard InChI is InChI=1S/C20H25N5O3/c1-20(2,3)28-19(27)23-16-7-4-6-15(14-16)17(26)24-10-12-25(13-11-24)18-21-8-5-9-22-18/h4-9,14H,10-13H2,1-3H3,(H,23,27). The molecule has 2 aromatic rings. The number of hydrogen-bond donors (Lipinski definition) is 1. The van der Waals surface area contributed by atoms with Crippen molar-refractivity contribution in [1.82, 2.24) is 14.9 Å². The van der Waals surface area contributed by atoms with E-state index in [-0.39, 0.29) is 5.91 Å². The van der Waals surface area contributed by atoms with Crippen molar-refractivity contribution in [2.24, 2.45) is 0 Å². The summed E-state index contributed by atoms with van der Waals surface area (Å²) in [6, 6.07) is 8.66. The highest BCUT2D eigenvalue weighted by Gasteiger charge is 2.24. The second kappa shape index (κ2) is 8.24. The molecule has 0 unspecified atom stereocenters. The van der Waals surface area contributed by atoms with E-state index in [0.717, 1.165) is 0 Å². The lowest BCUT2D eigenvalue weighted by Crippen LogP contribution is -2.49. The van der Waals surface area contributed by atoms with Crippen LogP contribution >= 0.6 is 0 Å². The van der Waals surface area contributed by atoms with E-state index in [4.69, 9.17) is 4.74 Å². The molecule has 1 aromatic heterocycles. The van der Waals surface area contributed by atoms with Gasteiger partial charge in [0.2, 0.25) is 5.95 Å². The Bertz CT molecular complexity index is 827. The number of anilines is 2. The van der Waals surface area contributed by atoms with E-state index in [9.17, 15) is 9.59 Å². The topological polar surface area (TPSA) is 87.7 Å². The first kappa shape index (κ1) is 19.6. The van der Waals surface area contributed by atoms with Gasteiger partial charge in [-0.05, 0) is 45.0 Å². The number of nitrogens with one attached hydrogen (secondary N) is 1. The number of benzene rings is 1. The Kier molecular flexibility index (Phi) is 5.77. The van der Waals surface area contributed by atoms with E-state index in [1.807, 2.05) is 0 Å². The normalized spacial score (nSPS) is 14.5. The molecule has 28 heavy (non-hydrogen) atoms. The number of ether oxygens (including phenoxy) is 1. The lowest BCUT2D eigenvalue weighted by Gasteiger charge is -2.34. The minimum atomic E-state index is -0.584. The van der Waals surface area contributed by atoms with Crippen LogP contribution in [0.5, 0.6) is 0 Å². The maximum Gasteiger partial charge on any atom is 0.412 e. The minimum absolute atomic E-state index is 0.0681. The van der Waals surface area contributed by atoms with E-state index in [1.54, 1.807) is 68.4 Å². The Labute approximate surface area is 164 Å². The number of carbonyl (C=O) groups excluding carboxylic acids is 2. The van der Waals surface area contributed by atoms with Gasteiger partial charge in [0.1, 0.15) is 5.60 Å². The number of hydrogen-bond acceptors (Lipinski definition) is 6. The monoisotopic (exact) mass is 383 g/mol. The van der Waals surface area contributed by atoms with E-state index in [0.29, 0.717) is 43.4 Å². The van der Waals surface area contributed by atoms with Gasteiger partial charge in [-0.15, -0.1) is 0 Å². The Morgan fingerprint density at radius 3 is 2.36 bits per heavy atom. The van der Waals surface area contributed by atoms with Crippen molar-refractivity contribution in [3.05, 3.63) is 48.3 Å². The van der Waals surface area contributed by atoms with Crippen molar-refractivity contribution in [3.63, 3.8) is 0 Å². The maximum atomic E-state index is 12.8. The van der Waals surface area contributed by atoms with Gasteiger partial charge in [-0.2, -0.15) is 0 Å². The van der Waals surface area contributed by atoms with Gasteiger partial charge in [0.05, 0.1) is 0 Å². The maximum absolute atomic E-state index is 12.8. The molecule has 2 heterocycles. The van der Waals surface area contributed by atoms with E-state index in [1.165, 1.54) is 0 Å². The van der Waals surface area contributed by atoms with Crippen LogP contribution in [-0.4, -0.2) is 58.6 Å². The number of piperazine rings is 1. The van der Waals surface area contributed by atoms with Crippen molar-refractivity contribution in [3.8, 4) is 0 Å². The molecular formula is C20H25N5O3. The van der Waals surface area contributed by atoms with Crippen LogP contribution < -0.4 is 10.2 Å². The minimum Gasteiger partial charge on any atom is -0.444 e. The molecule has 8 nitrogen and oxygen atoms in total. The van der Waals surface area contributed by atoms with Gasteiger partial charge in [-0.1, -0.05) is 6.07 Å². The molecule has 1 aromatic carbocycles. The van der Waals surface area contributed by atoms with Crippen LogP contribution in [0, 0.1) is 0 Å². The lowest BCUT2D eigenvalue weighted by molar-refractivity contribution is 0.0634. The smallest absolute Gasteiger partial charge is 0.412 e. The molecule has 148 valence electrons. The highest BCUT2D eigenvalue weighted by molar-refractivity contribution is 5.96. The Morgan fingerprint density at radius 1 is 1.04 bits per heavy atom. The molecule has 8 heteroatoms. The van der Waals surface area contributed by atoms with Crippen molar-refractivity contribution in [2.75, 3.05) is 36.4 Å². The first-order valence-electron chi connectivity index (χ1n) is 9.23. The molecule has 0 aliphatic carbocycles. The van der Waals surface area contributed by atoms with Gasteiger partial charge in [0.15, 0.2) is 0 Å². The van der Waals surface area contributed by atoms with E-state index < -0.39 is 11.7 Å². The average molecular weight is 383 g/mol. The Hall–Kier alpha value is -3.16. The Balaban J connectivity index is 1.60. The Morgan fingerprint density at radius 2 is 1.71 bits per heavy atom. The average Bonchev–Trinajstić information content (AvgIpc) is 2.67. The molecule has 0 atom stereocenters. The molecular weight excluding hydrogens is 358 g/mol. The van der Waals surface area contributed by atoms with Crippen LogP contribution in [0.2, 0.25) is 0 Å². The second-order valence-corrected chi connectivity index (χ2v) is 7.54. The van der Waals surface area contributed by atoms with Gasteiger partial charge >= 0.3 is 6.09 Å². The zero-order valence-electron chi connectivity index (χ0n) is 16.4. The van der Waals surface area contributed by atoms with Crippen LogP contribution in [-0.2, 0) is 4.74 Å². The third-order valence-electron chi connectivity index (χ3n) is 4.16. The van der Waals surface area contributed by atoms with Gasteiger partial charge in [0, 0.05) is 49.8 Å². The van der Waals surface area contributed by atoms with Crippen LogP contribution in [0.3, 0.4) is 0 Å². The lowest BCUT2D eigenvalue weighted by atomic mass is 10.1. The molecule has 1 aliphatic rings. The van der Waals surface area contributed by atoms with Gasteiger partial charge in [-0.25, -0.2) is 14.8 Å². The predicted molar refractivity (Wildman–Crippen MR) is 106 cm³/mol. The van der Waals surface area contributed by atoms with Crippen LogP contribution in [0.25, 0.3) is 0 Å². The van der Waals surface area contributed by atoms with E-state index in [2.05, 4.69) is 20.2 Å². The summed E-state index contributed by atoms with van der Waals surface area (Å²) in [6.45, 7) is 7.91. The molecule has 0 bridgehead atoms. The molecule has 0 radical (unpaired) electrons. The fourth-order valence-corrected chi connectivity index (χ4v) is 2.90. The number of amides is 2. The summed E-state index contributed by atoms with van der Waals surface area (Å²) in [4.78, 5) is 37.1. The summed E-state index contributed by atoms with van der Waals surface area (Å²) in [5.41, 5.74) is 0.467. The number of rotatable bonds is 3. The van der Waals surface area contributed by atoms with Crippen molar-refractivity contribution >= 4 is 23.6 Å². The number of aromatic nitrogens is 2. The third kappa shape index (κ3) is 5.18. The molecule has 0 saturated carbocycles. The number of nitrogens with zero attached hydrogens (tertiary/aromatic N) is 4. The second-order valence-electron chi connectivity index (χ2n) is 7.54. The fraction of sp³-hybridized carbons (Fsp3) is 0.400. The van der Waals surface area contributed by atoms with Gasteiger partial charge < -0.3 is 14.5 Å². The summed E-state index contributed by atoms with van der Waals surface area (Å²) in [5, 5.41) is 2.67. The zero-order chi connectivity index (χ0) is 20.1. The van der Waals surface area contributed by atoms with Gasteiger partial charge in [-0.3, -0.25) is 10.1 Å². The molecule has 0 spiro atoms. The van der Waals surface area contributed by atoms with Crippen LogP contribution in [0.15, 0.2) is 42.7 Å². The highest BCUT2D eigenvalue weighted by atomic mass is 16.6. The summed E-state index contributed by atoms with van der Waals surface area (Å²) in [7, 11) is 0. The molecule has 3 rings (SSSR count). The van der Waals surface area contributed by atoms with E-state index >= 15 is 0 Å². The van der Waals surface area contributed by atoms with Crippen molar-refractivity contribution in [2.45, 2.75) is 26.4 Å². The SMILES string of the molecule is CC(C)(C)OC(=O)Nc1cccc(C(=O)N2CCN(c3ncccn3)CC2)c1. The number of carbonyl (C=O) groups is 2. The predicted octanol–water partition coefficient (Wildman–Crippen LogP) is 2.79. The highest BCUT2D eigenvalue weighted by Crippen LogP contribution is 2.17. The van der Waals surface area contributed by atoms with Gasteiger partial charge in [0.25, 0.3) is 5.91 Å². The first-order chi connectivity index (χ1) is 13.3. The first-order valence-corrected chi connectivity index (χ1v) is 9.23. The zero-order valence-corrected chi connectivity index (χ0v) is 16.4. The largest absolute Gasteiger partial charge is 0.444 e. The summed E-state index contributed by atoms with van der Waals surface area (Å²) in [6.07, 6.45) is 2.88. The van der Waals surface area contributed by atoms with Crippen LogP contribution in [0.4, 0.5) is 16.4 Å². The quantitative estimate of drug-likeness (QED) is 0.877. The van der Waals surface area contributed by atoms with Crippen LogP contribution in [0.1, 0.15) is 31.1 Å². The summed E-state index contributed by atoms with van der Waals surface area (Å²) in [5.74, 6) is 0.611. The third-order valence-corrected chi connectivity index (χ3v) is 4.16. The molecule has 1 fully saturated rings. The molecule has 1 N–H and O–H groups in total. The summed E-state index contributed by atoms with van der Waals surface area (Å²) >= 11 is 0.